The average Bonchev–Trinajstić information content (AvgIpc) is 2.49. The molecule has 0 bridgehead atoms. The minimum atomic E-state index is -0.639. The number of primary amides is 1. The zero-order valence-electron chi connectivity index (χ0n) is 15.5. The Morgan fingerprint density at radius 1 is 1.17 bits per heavy atom. The number of amides is 2. The SMILES string of the molecule is CC(C)Cc1ccccc1C(C)C(=O)NC(CCN(C)C)C(N)=O. The lowest BCUT2D eigenvalue weighted by molar-refractivity contribution is -0.128. The van der Waals surface area contributed by atoms with Crippen LogP contribution in [0.25, 0.3) is 0 Å². The molecule has 134 valence electrons. The third-order valence-electron chi connectivity index (χ3n) is 4.07. The predicted molar refractivity (Wildman–Crippen MR) is 97.7 cm³/mol. The van der Waals surface area contributed by atoms with Crippen molar-refractivity contribution in [3.8, 4) is 0 Å². The molecule has 0 aromatic heterocycles. The molecule has 0 radical (unpaired) electrons. The molecule has 2 atom stereocenters. The van der Waals surface area contributed by atoms with Crippen LogP contribution in [0.15, 0.2) is 24.3 Å². The maximum absolute atomic E-state index is 12.6. The van der Waals surface area contributed by atoms with Crippen molar-refractivity contribution in [3.63, 3.8) is 0 Å². The third-order valence-corrected chi connectivity index (χ3v) is 4.07. The van der Waals surface area contributed by atoms with Gasteiger partial charge in [0.05, 0.1) is 5.92 Å². The Bertz CT molecular complexity index is 555. The topological polar surface area (TPSA) is 75.4 Å². The quantitative estimate of drug-likeness (QED) is 0.725. The van der Waals surface area contributed by atoms with Gasteiger partial charge in [-0.15, -0.1) is 0 Å². The van der Waals surface area contributed by atoms with Crippen molar-refractivity contribution in [1.29, 1.82) is 0 Å². The second-order valence-corrected chi connectivity index (χ2v) is 7.07. The first-order valence-electron chi connectivity index (χ1n) is 8.54. The lowest BCUT2D eigenvalue weighted by Crippen LogP contribution is -2.47. The molecule has 3 N–H and O–H groups in total. The van der Waals surface area contributed by atoms with E-state index in [2.05, 4.69) is 25.2 Å². The molecule has 0 heterocycles. The van der Waals surface area contributed by atoms with E-state index in [9.17, 15) is 9.59 Å². The molecular formula is C19H31N3O2. The zero-order valence-corrected chi connectivity index (χ0v) is 15.5. The lowest BCUT2D eigenvalue weighted by atomic mass is 9.90. The fourth-order valence-corrected chi connectivity index (χ4v) is 2.69. The van der Waals surface area contributed by atoms with Gasteiger partial charge in [-0.25, -0.2) is 0 Å². The van der Waals surface area contributed by atoms with Gasteiger partial charge in [-0.05, 0) is 57.5 Å². The van der Waals surface area contributed by atoms with E-state index in [1.807, 2.05) is 44.1 Å². The van der Waals surface area contributed by atoms with Crippen LogP contribution >= 0.6 is 0 Å². The molecule has 1 aromatic rings. The van der Waals surface area contributed by atoms with Gasteiger partial charge in [0.25, 0.3) is 0 Å². The second-order valence-electron chi connectivity index (χ2n) is 7.07. The first-order chi connectivity index (χ1) is 11.2. The number of hydrogen-bond acceptors (Lipinski definition) is 3. The Labute approximate surface area is 145 Å². The highest BCUT2D eigenvalue weighted by atomic mass is 16.2. The first kappa shape index (κ1) is 20.2. The number of carbonyl (C=O) groups is 2. The molecule has 0 aliphatic carbocycles. The van der Waals surface area contributed by atoms with Gasteiger partial charge < -0.3 is 16.0 Å². The highest BCUT2D eigenvalue weighted by Gasteiger charge is 2.24. The summed E-state index contributed by atoms with van der Waals surface area (Å²) in [4.78, 5) is 26.2. The molecule has 5 nitrogen and oxygen atoms in total. The summed E-state index contributed by atoms with van der Waals surface area (Å²) in [6.45, 7) is 6.88. The minimum absolute atomic E-state index is 0.159. The van der Waals surface area contributed by atoms with Crippen LogP contribution < -0.4 is 11.1 Å². The highest BCUT2D eigenvalue weighted by molar-refractivity contribution is 5.89. The Morgan fingerprint density at radius 2 is 1.79 bits per heavy atom. The van der Waals surface area contributed by atoms with Gasteiger partial charge >= 0.3 is 0 Å². The highest BCUT2D eigenvalue weighted by Crippen LogP contribution is 2.23. The summed E-state index contributed by atoms with van der Waals surface area (Å²) in [6, 6.07) is 7.35. The number of carbonyl (C=O) groups excluding carboxylic acids is 2. The van der Waals surface area contributed by atoms with E-state index in [0.717, 1.165) is 12.0 Å². The van der Waals surface area contributed by atoms with Crippen molar-refractivity contribution in [2.24, 2.45) is 11.7 Å². The summed E-state index contributed by atoms with van der Waals surface area (Å²) in [7, 11) is 3.84. The van der Waals surface area contributed by atoms with Crippen molar-refractivity contribution in [2.45, 2.75) is 45.6 Å². The molecule has 24 heavy (non-hydrogen) atoms. The number of nitrogens with two attached hydrogens (primary N) is 1. The fraction of sp³-hybridized carbons (Fsp3) is 0.579. The second kappa shape index (κ2) is 9.42. The van der Waals surface area contributed by atoms with Crippen molar-refractivity contribution in [2.75, 3.05) is 20.6 Å². The van der Waals surface area contributed by atoms with Crippen LogP contribution in [0.2, 0.25) is 0 Å². The van der Waals surface area contributed by atoms with Gasteiger partial charge in [-0.1, -0.05) is 38.1 Å². The smallest absolute Gasteiger partial charge is 0.240 e. The number of nitrogens with zero attached hydrogens (tertiary/aromatic N) is 1. The Kier molecular flexibility index (Phi) is 7.92. The van der Waals surface area contributed by atoms with E-state index in [1.54, 1.807) is 0 Å². The molecule has 2 unspecified atom stereocenters. The molecule has 2 amide bonds. The lowest BCUT2D eigenvalue weighted by Gasteiger charge is -2.22. The fourth-order valence-electron chi connectivity index (χ4n) is 2.69. The van der Waals surface area contributed by atoms with Crippen LogP contribution in [-0.4, -0.2) is 43.4 Å². The Hall–Kier alpha value is -1.88. The number of nitrogens with one attached hydrogen (secondary N) is 1. The van der Waals surface area contributed by atoms with Crippen LogP contribution in [0.5, 0.6) is 0 Å². The predicted octanol–water partition coefficient (Wildman–Crippen LogP) is 1.91. The van der Waals surface area contributed by atoms with E-state index in [1.165, 1.54) is 5.56 Å². The molecule has 0 aliphatic rings. The minimum Gasteiger partial charge on any atom is -0.368 e. The Balaban J connectivity index is 2.84. The summed E-state index contributed by atoms with van der Waals surface area (Å²) in [6.07, 6.45) is 1.43. The van der Waals surface area contributed by atoms with E-state index < -0.39 is 11.9 Å². The summed E-state index contributed by atoms with van der Waals surface area (Å²) in [5, 5.41) is 2.81. The maximum Gasteiger partial charge on any atom is 0.240 e. The third kappa shape index (κ3) is 6.32. The standard InChI is InChI=1S/C19H31N3O2/c1-13(2)12-15-8-6-7-9-16(15)14(3)19(24)21-17(18(20)23)10-11-22(4)5/h6-9,13-14,17H,10-12H2,1-5H3,(H2,20,23)(H,21,24). The molecule has 0 fully saturated rings. The van der Waals surface area contributed by atoms with E-state index in [-0.39, 0.29) is 11.8 Å². The monoisotopic (exact) mass is 333 g/mol. The number of hydrogen-bond donors (Lipinski definition) is 2. The Morgan fingerprint density at radius 3 is 2.33 bits per heavy atom. The van der Waals surface area contributed by atoms with Gasteiger partial charge in [0.1, 0.15) is 6.04 Å². The van der Waals surface area contributed by atoms with Gasteiger partial charge in [0.2, 0.25) is 11.8 Å². The normalized spacial score (nSPS) is 13.8. The zero-order chi connectivity index (χ0) is 18.3. The van der Waals surface area contributed by atoms with Crippen LogP contribution in [0.1, 0.15) is 44.2 Å². The van der Waals surface area contributed by atoms with Gasteiger partial charge in [0, 0.05) is 0 Å². The summed E-state index contributed by atoms with van der Waals surface area (Å²) in [5.41, 5.74) is 7.63. The first-order valence-corrected chi connectivity index (χ1v) is 8.54. The van der Waals surface area contributed by atoms with Gasteiger partial charge in [-0.3, -0.25) is 9.59 Å². The van der Waals surface area contributed by atoms with Crippen molar-refractivity contribution in [3.05, 3.63) is 35.4 Å². The van der Waals surface area contributed by atoms with Crippen LogP contribution in [0, 0.1) is 5.92 Å². The maximum atomic E-state index is 12.6. The average molecular weight is 333 g/mol. The van der Waals surface area contributed by atoms with Crippen molar-refractivity contribution >= 4 is 11.8 Å². The van der Waals surface area contributed by atoms with Crippen molar-refractivity contribution < 1.29 is 9.59 Å². The largest absolute Gasteiger partial charge is 0.368 e. The molecule has 1 rings (SSSR count). The summed E-state index contributed by atoms with van der Waals surface area (Å²) >= 11 is 0. The molecule has 0 saturated carbocycles. The molecule has 0 aliphatic heterocycles. The van der Waals surface area contributed by atoms with E-state index >= 15 is 0 Å². The number of benzene rings is 1. The van der Waals surface area contributed by atoms with E-state index in [0.29, 0.717) is 18.9 Å². The molecular weight excluding hydrogens is 302 g/mol. The van der Waals surface area contributed by atoms with Crippen LogP contribution in [0.3, 0.4) is 0 Å². The molecule has 5 heteroatoms. The summed E-state index contributed by atoms with van der Waals surface area (Å²) in [5.74, 6) is -0.456. The molecule has 0 spiro atoms. The molecule has 1 aromatic carbocycles. The van der Waals surface area contributed by atoms with Gasteiger partial charge in [-0.2, -0.15) is 0 Å². The van der Waals surface area contributed by atoms with Crippen LogP contribution in [-0.2, 0) is 16.0 Å². The van der Waals surface area contributed by atoms with Crippen molar-refractivity contribution in [1.82, 2.24) is 10.2 Å². The molecule has 0 saturated heterocycles. The summed E-state index contributed by atoms with van der Waals surface area (Å²) < 4.78 is 0. The van der Waals surface area contributed by atoms with Gasteiger partial charge in [0.15, 0.2) is 0 Å². The van der Waals surface area contributed by atoms with Crippen LogP contribution in [0.4, 0.5) is 0 Å². The number of rotatable bonds is 9. The van der Waals surface area contributed by atoms with E-state index in [4.69, 9.17) is 5.73 Å².